The predicted molar refractivity (Wildman–Crippen MR) is 55.0 cm³/mol. The molecule has 0 aliphatic heterocycles. The van der Waals surface area contributed by atoms with Crippen molar-refractivity contribution in [2.24, 2.45) is 5.10 Å². The molecule has 1 amide bonds. The Bertz CT molecular complexity index is 303. The molecule has 0 unspecified atom stereocenters. The Hall–Kier alpha value is -1.16. The highest BCUT2D eigenvalue weighted by molar-refractivity contribution is 7.12. The van der Waals surface area contributed by atoms with Crippen molar-refractivity contribution in [2.75, 3.05) is 0 Å². The van der Waals surface area contributed by atoms with Crippen LogP contribution in [0.5, 0.6) is 0 Å². The first-order valence-electron chi connectivity index (χ1n) is 4.11. The fraction of sp³-hybridized carbons (Fsp3) is 0.333. The highest BCUT2D eigenvalue weighted by Crippen LogP contribution is 2.08. The van der Waals surface area contributed by atoms with E-state index < -0.39 is 0 Å². The Balaban J connectivity index is 2.57. The fourth-order valence-corrected chi connectivity index (χ4v) is 1.44. The minimum Gasteiger partial charge on any atom is -0.273 e. The molecule has 1 aromatic heterocycles. The van der Waals surface area contributed by atoms with Crippen molar-refractivity contribution in [1.29, 1.82) is 0 Å². The Morgan fingerprint density at radius 3 is 3.00 bits per heavy atom. The maximum absolute atomic E-state index is 10.9. The zero-order chi connectivity index (χ0) is 9.68. The number of thiophene rings is 1. The second-order valence-corrected chi connectivity index (χ2v) is 3.51. The molecular weight excluding hydrogens is 184 g/mol. The third-order valence-electron chi connectivity index (χ3n) is 1.55. The van der Waals surface area contributed by atoms with Crippen LogP contribution in [-0.4, -0.2) is 11.6 Å². The number of nitrogens with zero attached hydrogens (tertiary/aromatic N) is 1. The number of hydrazone groups is 1. The number of rotatable bonds is 3. The van der Waals surface area contributed by atoms with E-state index in [2.05, 4.69) is 10.5 Å². The van der Waals surface area contributed by atoms with Crippen molar-refractivity contribution in [1.82, 2.24) is 5.43 Å². The molecule has 0 spiro atoms. The van der Waals surface area contributed by atoms with E-state index in [1.54, 1.807) is 18.3 Å². The molecule has 0 saturated heterocycles. The van der Waals surface area contributed by atoms with Gasteiger partial charge in [0, 0.05) is 11.3 Å². The Morgan fingerprint density at radius 1 is 1.69 bits per heavy atom. The lowest BCUT2D eigenvalue weighted by Crippen LogP contribution is -2.17. The van der Waals surface area contributed by atoms with Crippen LogP contribution in [-0.2, 0) is 4.79 Å². The van der Waals surface area contributed by atoms with E-state index in [4.69, 9.17) is 0 Å². The molecule has 0 bridgehead atoms. The van der Waals surface area contributed by atoms with Gasteiger partial charge >= 0.3 is 0 Å². The van der Waals surface area contributed by atoms with Crippen molar-refractivity contribution >= 4 is 23.0 Å². The van der Waals surface area contributed by atoms with Crippen molar-refractivity contribution in [2.45, 2.75) is 20.3 Å². The maximum atomic E-state index is 10.9. The molecule has 1 aromatic rings. The molecule has 1 rings (SSSR count). The summed E-state index contributed by atoms with van der Waals surface area (Å²) in [6, 6.07) is 3.93. The Morgan fingerprint density at radius 2 is 2.46 bits per heavy atom. The van der Waals surface area contributed by atoms with Gasteiger partial charge < -0.3 is 0 Å². The lowest BCUT2D eigenvalue weighted by atomic mass is 10.3. The number of hydrogen-bond acceptors (Lipinski definition) is 3. The summed E-state index contributed by atoms with van der Waals surface area (Å²) < 4.78 is 0. The van der Waals surface area contributed by atoms with Gasteiger partial charge in [-0.15, -0.1) is 11.3 Å². The lowest BCUT2D eigenvalue weighted by Gasteiger charge is -1.97. The highest BCUT2D eigenvalue weighted by atomic mass is 32.1. The van der Waals surface area contributed by atoms with E-state index in [1.807, 2.05) is 24.4 Å². The minimum absolute atomic E-state index is 0.0593. The molecule has 0 atom stereocenters. The zero-order valence-corrected chi connectivity index (χ0v) is 8.52. The van der Waals surface area contributed by atoms with Gasteiger partial charge in [0.1, 0.15) is 0 Å². The van der Waals surface area contributed by atoms with Crippen molar-refractivity contribution in [3.8, 4) is 0 Å². The Kier molecular flexibility index (Phi) is 3.64. The first kappa shape index (κ1) is 9.92. The van der Waals surface area contributed by atoms with Crippen LogP contribution in [0.1, 0.15) is 25.1 Å². The molecule has 0 aliphatic rings. The van der Waals surface area contributed by atoms with E-state index in [1.165, 1.54) is 0 Å². The first-order valence-corrected chi connectivity index (χ1v) is 4.99. The summed E-state index contributed by atoms with van der Waals surface area (Å²) in [6.45, 7) is 3.67. The third kappa shape index (κ3) is 2.99. The minimum atomic E-state index is -0.0593. The number of hydrogen-bond donors (Lipinski definition) is 1. The summed E-state index contributed by atoms with van der Waals surface area (Å²) in [4.78, 5) is 12.0. The van der Waals surface area contributed by atoms with Gasteiger partial charge in [-0.2, -0.15) is 5.10 Å². The molecule has 4 heteroatoms. The van der Waals surface area contributed by atoms with Gasteiger partial charge in [0.15, 0.2) is 0 Å². The number of carbonyl (C=O) groups is 1. The maximum Gasteiger partial charge on any atom is 0.239 e. The molecule has 0 fully saturated rings. The summed E-state index contributed by atoms with van der Waals surface area (Å²) in [7, 11) is 0. The van der Waals surface area contributed by atoms with Crippen LogP contribution in [0.25, 0.3) is 0 Å². The van der Waals surface area contributed by atoms with Crippen LogP contribution in [0.4, 0.5) is 0 Å². The number of amides is 1. The SMILES string of the molecule is CCC(=O)N/N=C(/C)c1cccs1. The lowest BCUT2D eigenvalue weighted by molar-refractivity contribution is -0.120. The molecule has 0 radical (unpaired) electrons. The third-order valence-corrected chi connectivity index (χ3v) is 2.53. The van der Waals surface area contributed by atoms with Crippen molar-refractivity contribution in [3.05, 3.63) is 22.4 Å². The van der Waals surface area contributed by atoms with Gasteiger partial charge in [-0.3, -0.25) is 4.79 Å². The van der Waals surface area contributed by atoms with E-state index in [-0.39, 0.29) is 5.91 Å². The monoisotopic (exact) mass is 196 g/mol. The molecule has 0 saturated carbocycles. The van der Waals surface area contributed by atoms with Crippen LogP contribution in [0.15, 0.2) is 22.6 Å². The average Bonchev–Trinajstić information content (AvgIpc) is 2.66. The fourth-order valence-electron chi connectivity index (χ4n) is 0.765. The van der Waals surface area contributed by atoms with Gasteiger partial charge in [-0.25, -0.2) is 5.43 Å². The highest BCUT2D eigenvalue weighted by Gasteiger charge is 1.98. The summed E-state index contributed by atoms with van der Waals surface area (Å²) in [5, 5.41) is 5.95. The van der Waals surface area contributed by atoms with Crippen LogP contribution in [0, 0.1) is 0 Å². The van der Waals surface area contributed by atoms with Gasteiger partial charge in [-0.1, -0.05) is 13.0 Å². The van der Waals surface area contributed by atoms with Crippen LogP contribution in [0.2, 0.25) is 0 Å². The van der Waals surface area contributed by atoms with E-state index >= 15 is 0 Å². The molecule has 3 nitrogen and oxygen atoms in total. The molecule has 1 heterocycles. The molecular formula is C9H12N2OS. The largest absolute Gasteiger partial charge is 0.273 e. The number of carbonyl (C=O) groups excluding carboxylic acids is 1. The van der Waals surface area contributed by atoms with Crippen LogP contribution in [0.3, 0.4) is 0 Å². The van der Waals surface area contributed by atoms with Gasteiger partial charge in [0.2, 0.25) is 5.91 Å². The molecule has 1 N–H and O–H groups in total. The van der Waals surface area contributed by atoms with Gasteiger partial charge in [0.05, 0.1) is 5.71 Å². The van der Waals surface area contributed by atoms with Crippen molar-refractivity contribution in [3.63, 3.8) is 0 Å². The van der Waals surface area contributed by atoms with E-state index in [0.29, 0.717) is 6.42 Å². The van der Waals surface area contributed by atoms with Crippen molar-refractivity contribution < 1.29 is 4.79 Å². The second-order valence-electron chi connectivity index (χ2n) is 2.56. The molecule has 0 aromatic carbocycles. The summed E-state index contributed by atoms with van der Waals surface area (Å²) in [6.07, 6.45) is 0.460. The quantitative estimate of drug-likeness (QED) is 0.583. The predicted octanol–water partition coefficient (Wildman–Crippen LogP) is 2.00. The average molecular weight is 196 g/mol. The topological polar surface area (TPSA) is 41.5 Å². The number of nitrogens with one attached hydrogen (secondary N) is 1. The summed E-state index contributed by atoms with van der Waals surface area (Å²) in [5.74, 6) is -0.0593. The molecule has 0 aliphatic carbocycles. The van der Waals surface area contributed by atoms with Crippen LogP contribution < -0.4 is 5.43 Å². The first-order chi connectivity index (χ1) is 6.24. The van der Waals surface area contributed by atoms with Gasteiger partial charge in [0.25, 0.3) is 0 Å². The summed E-state index contributed by atoms with van der Waals surface area (Å²) >= 11 is 1.61. The smallest absolute Gasteiger partial charge is 0.239 e. The molecule has 13 heavy (non-hydrogen) atoms. The zero-order valence-electron chi connectivity index (χ0n) is 7.70. The van der Waals surface area contributed by atoms with E-state index in [0.717, 1.165) is 10.6 Å². The normalized spacial score (nSPS) is 11.4. The molecule has 70 valence electrons. The summed E-state index contributed by atoms with van der Waals surface area (Å²) in [5.41, 5.74) is 3.32. The van der Waals surface area contributed by atoms with Crippen LogP contribution >= 0.6 is 11.3 Å². The standard InChI is InChI=1S/C9H12N2OS/c1-3-9(12)11-10-7(2)8-5-4-6-13-8/h4-6H,3H2,1-2H3,(H,11,12)/b10-7-. The Labute approximate surface area is 81.5 Å². The van der Waals surface area contributed by atoms with Gasteiger partial charge in [-0.05, 0) is 18.4 Å². The van der Waals surface area contributed by atoms with E-state index in [9.17, 15) is 4.79 Å². The second kappa shape index (κ2) is 4.77.